The Balaban J connectivity index is 1.97. The molecular formula is C27H43NO3. The van der Waals surface area contributed by atoms with Crippen LogP contribution in [0.25, 0.3) is 0 Å². The second-order valence-corrected chi connectivity index (χ2v) is 8.34. The molecule has 1 atom stereocenters. The van der Waals surface area contributed by atoms with E-state index in [9.17, 15) is 14.7 Å². The molecule has 0 aliphatic carbocycles. The van der Waals surface area contributed by atoms with Gasteiger partial charge in [-0.3, -0.25) is 4.79 Å². The van der Waals surface area contributed by atoms with E-state index in [0.717, 1.165) is 37.7 Å². The Kier molecular flexibility index (Phi) is 15.1. The fourth-order valence-electron chi connectivity index (χ4n) is 3.60. The number of hydrogen-bond acceptors (Lipinski definition) is 2. The number of allylic oxidation sites excluding steroid dienone is 2. The molecule has 0 unspecified atom stereocenters. The molecule has 1 amide bonds. The third-order valence-electron chi connectivity index (χ3n) is 5.48. The largest absolute Gasteiger partial charge is 0.480 e. The maximum absolute atomic E-state index is 12.1. The maximum Gasteiger partial charge on any atom is 0.326 e. The highest BCUT2D eigenvalue weighted by Gasteiger charge is 2.19. The first-order chi connectivity index (χ1) is 15.6. The summed E-state index contributed by atoms with van der Waals surface area (Å²) in [7, 11) is 0. The van der Waals surface area contributed by atoms with Crippen molar-refractivity contribution in [2.75, 3.05) is 0 Å². The predicted octanol–water partition coefficient (Wildman–Crippen LogP) is 6.84. The summed E-state index contributed by atoms with van der Waals surface area (Å²) in [6.45, 7) is 0.570. The SMILES string of the molecule is [2H]CCCCCCCC/C=C\CCCCCCCC(=O)N[C@@H](Cc1ccccc1)C(=O)O. The minimum absolute atomic E-state index is 0.173. The van der Waals surface area contributed by atoms with Gasteiger partial charge < -0.3 is 10.4 Å². The molecule has 31 heavy (non-hydrogen) atoms. The Morgan fingerprint density at radius 3 is 2.10 bits per heavy atom. The number of hydrogen-bond donors (Lipinski definition) is 2. The number of carboxylic acids is 1. The highest BCUT2D eigenvalue weighted by atomic mass is 16.4. The number of rotatable bonds is 19. The zero-order chi connectivity index (χ0) is 23.3. The average molecular weight is 431 g/mol. The van der Waals surface area contributed by atoms with Crippen molar-refractivity contribution >= 4 is 11.9 Å². The molecule has 0 aliphatic rings. The molecule has 1 rings (SSSR count). The van der Waals surface area contributed by atoms with E-state index >= 15 is 0 Å². The van der Waals surface area contributed by atoms with E-state index in [-0.39, 0.29) is 5.91 Å². The molecular weight excluding hydrogens is 386 g/mol. The number of aliphatic carboxylic acids is 1. The number of carboxylic acid groups (broad SMARTS) is 1. The van der Waals surface area contributed by atoms with Crippen LogP contribution in [0, 0.1) is 0 Å². The van der Waals surface area contributed by atoms with Gasteiger partial charge in [0.25, 0.3) is 0 Å². The lowest BCUT2D eigenvalue weighted by Crippen LogP contribution is -2.42. The van der Waals surface area contributed by atoms with Crippen molar-refractivity contribution in [1.82, 2.24) is 5.32 Å². The summed E-state index contributed by atoms with van der Waals surface area (Å²) in [5, 5.41) is 12.0. The minimum atomic E-state index is -0.990. The Morgan fingerprint density at radius 2 is 1.48 bits per heavy atom. The number of carbonyl (C=O) groups is 2. The Morgan fingerprint density at radius 1 is 0.903 bits per heavy atom. The van der Waals surface area contributed by atoms with Crippen LogP contribution in [0.1, 0.15) is 104 Å². The number of nitrogens with one attached hydrogen (secondary N) is 1. The zero-order valence-electron chi connectivity index (χ0n) is 20.2. The van der Waals surface area contributed by atoms with Gasteiger partial charge in [-0.15, -0.1) is 0 Å². The summed E-state index contributed by atoms with van der Waals surface area (Å²) >= 11 is 0. The van der Waals surface area contributed by atoms with E-state index in [1.165, 1.54) is 51.4 Å². The van der Waals surface area contributed by atoms with Gasteiger partial charge in [-0.25, -0.2) is 4.79 Å². The van der Waals surface area contributed by atoms with Crippen LogP contribution >= 0.6 is 0 Å². The first-order valence-electron chi connectivity index (χ1n) is 12.8. The topological polar surface area (TPSA) is 66.4 Å². The molecule has 1 aromatic rings. The Bertz CT molecular complexity index is 633. The van der Waals surface area contributed by atoms with Gasteiger partial charge in [-0.05, 0) is 37.7 Å². The van der Waals surface area contributed by atoms with Crippen LogP contribution in [0.5, 0.6) is 0 Å². The molecule has 0 fully saturated rings. The molecule has 0 saturated heterocycles. The molecule has 4 nitrogen and oxygen atoms in total. The highest BCUT2D eigenvalue weighted by Crippen LogP contribution is 2.10. The summed E-state index contributed by atoms with van der Waals surface area (Å²) in [4.78, 5) is 23.5. The van der Waals surface area contributed by atoms with Crippen molar-refractivity contribution in [2.45, 2.75) is 109 Å². The number of unbranched alkanes of at least 4 members (excludes halogenated alkanes) is 11. The van der Waals surface area contributed by atoms with Gasteiger partial charge in [0.2, 0.25) is 5.91 Å². The van der Waals surface area contributed by atoms with Gasteiger partial charge in [-0.1, -0.05) is 101 Å². The van der Waals surface area contributed by atoms with Gasteiger partial charge in [0, 0.05) is 14.2 Å². The second-order valence-electron chi connectivity index (χ2n) is 8.34. The molecule has 0 saturated carbocycles. The van der Waals surface area contributed by atoms with Crippen molar-refractivity contribution in [2.24, 2.45) is 0 Å². The quantitative estimate of drug-likeness (QED) is 0.187. The highest BCUT2D eigenvalue weighted by molar-refractivity contribution is 5.83. The van der Waals surface area contributed by atoms with Crippen LogP contribution in [0.4, 0.5) is 0 Å². The Hall–Kier alpha value is -2.10. The number of benzene rings is 1. The summed E-state index contributed by atoms with van der Waals surface area (Å²) in [5.74, 6) is -1.16. The molecule has 1 aromatic carbocycles. The number of carbonyl (C=O) groups excluding carboxylic acids is 1. The molecule has 0 aromatic heterocycles. The maximum atomic E-state index is 12.1. The van der Waals surface area contributed by atoms with E-state index in [1.807, 2.05) is 30.3 Å². The normalized spacial score (nSPS) is 12.6. The lowest BCUT2D eigenvalue weighted by Gasteiger charge is -2.14. The lowest BCUT2D eigenvalue weighted by atomic mass is 10.1. The van der Waals surface area contributed by atoms with Gasteiger partial charge >= 0.3 is 5.97 Å². The van der Waals surface area contributed by atoms with Gasteiger partial charge in [-0.2, -0.15) is 0 Å². The standard InChI is InChI=1S/C27H43NO3/c1-2-3-4-5-6-7-8-9-10-11-12-13-14-15-19-22-26(29)28-25(27(30)31)23-24-20-17-16-18-21-24/h9-10,16-18,20-21,25H,2-8,11-15,19,22-23H2,1H3,(H,28,29)(H,30,31)/b10-9-/t25-/m0/s1/i1D. The first kappa shape index (κ1) is 25.2. The molecule has 0 bridgehead atoms. The van der Waals surface area contributed by atoms with Gasteiger partial charge in [0.15, 0.2) is 0 Å². The molecule has 0 spiro atoms. The van der Waals surface area contributed by atoms with Crippen LogP contribution in [0.15, 0.2) is 42.5 Å². The Labute approximate surface area is 190 Å². The number of amides is 1. The molecule has 0 aliphatic heterocycles. The van der Waals surface area contributed by atoms with E-state index in [1.54, 1.807) is 0 Å². The summed E-state index contributed by atoms with van der Waals surface area (Å²) in [6, 6.07) is 8.52. The monoisotopic (exact) mass is 430 g/mol. The van der Waals surface area contributed by atoms with Crippen LogP contribution in [-0.4, -0.2) is 23.0 Å². The minimum Gasteiger partial charge on any atom is -0.480 e. The van der Waals surface area contributed by atoms with Crippen molar-refractivity contribution in [1.29, 1.82) is 0 Å². The van der Waals surface area contributed by atoms with E-state index < -0.39 is 12.0 Å². The fraction of sp³-hybridized carbons (Fsp3) is 0.630. The van der Waals surface area contributed by atoms with E-state index in [2.05, 4.69) is 17.5 Å². The molecule has 0 radical (unpaired) electrons. The summed E-state index contributed by atoms with van der Waals surface area (Å²) in [6.07, 6.45) is 20.3. The molecule has 0 heterocycles. The van der Waals surface area contributed by atoms with Crippen molar-refractivity contribution in [3.63, 3.8) is 0 Å². The second kappa shape index (κ2) is 18.7. The summed E-state index contributed by atoms with van der Waals surface area (Å²) < 4.78 is 7.12. The average Bonchev–Trinajstić information content (AvgIpc) is 2.79. The van der Waals surface area contributed by atoms with Crippen molar-refractivity contribution in [3.05, 3.63) is 48.0 Å². The van der Waals surface area contributed by atoms with Crippen LogP contribution in [0.2, 0.25) is 0 Å². The smallest absolute Gasteiger partial charge is 0.326 e. The third kappa shape index (κ3) is 15.4. The molecule has 174 valence electrons. The fourth-order valence-corrected chi connectivity index (χ4v) is 3.60. The lowest BCUT2D eigenvalue weighted by molar-refractivity contribution is -0.141. The van der Waals surface area contributed by atoms with Crippen molar-refractivity contribution in [3.8, 4) is 0 Å². The molecule has 4 heteroatoms. The van der Waals surface area contributed by atoms with E-state index in [0.29, 0.717) is 19.7 Å². The molecule has 2 N–H and O–H groups in total. The van der Waals surface area contributed by atoms with Crippen LogP contribution in [0.3, 0.4) is 0 Å². The third-order valence-corrected chi connectivity index (χ3v) is 5.48. The van der Waals surface area contributed by atoms with E-state index in [4.69, 9.17) is 1.37 Å². The first-order valence-corrected chi connectivity index (χ1v) is 12.1. The van der Waals surface area contributed by atoms with Crippen LogP contribution in [-0.2, 0) is 16.0 Å². The predicted molar refractivity (Wildman–Crippen MR) is 129 cm³/mol. The van der Waals surface area contributed by atoms with Gasteiger partial charge in [0.05, 0.1) is 0 Å². The van der Waals surface area contributed by atoms with Crippen LogP contribution < -0.4 is 5.32 Å². The zero-order valence-corrected chi connectivity index (χ0v) is 19.2. The van der Waals surface area contributed by atoms with Gasteiger partial charge in [0.1, 0.15) is 6.04 Å². The summed E-state index contributed by atoms with van der Waals surface area (Å²) in [5.41, 5.74) is 0.908. The van der Waals surface area contributed by atoms with Crippen molar-refractivity contribution < 1.29 is 16.1 Å².